The second-order valence-corrected chi connectivity index (χ2v) is 4.71. The third kappa shape index (κ3) is 1.10. The normalized spacial score (nSPS) is 28.5. The van der Waals surface area contributed by atoms with Crippen LogP contribution in [0.15, 0.2) is 11.4 Å². The lowest BCUT2D eigenvalue weighted by Crippen LogP contribution is -2.39. The van der Waals surface area contributed by atoms with E-state index in [1.807, 2.05) is 11.3 Å². The molecule has 0 amide bonds. The van der Waals surface area contributed by atoms with Crippen LogP contribution in [0.2, 0.25) is 0 Å². The van der Waals surface area contributed by atoms with Gasteiger partial charge in [-0.1, -0.05) is 13.8 Å². The van der Waals surface area contributed by atoms with Crippen LogP contribution < -0.4 is 5.32 Å². The first kappa shape index (κ1) is 8.27. The van der Waals surface area contributed by atoms with E-state index in [0.29, 0.717) is 5.41 Å². The number of nitrogens with one attached hydrogen (secondary N) is 1. The van der Waals surface area contributed by atoms with Crippen molar-refractivity contribution in [2.45, 2.75) is 32.2 Å². The summed E-state index contributed by atoms with van der Waals surface area (Å²) in [6, 6.07) is 2.25. The van der Waals surface area contributed by atoms with Crippen LogP contribution in [-0.2, 0) is 12.0 Å². The Bertz CT molecular complexity index is 279. The molecule has 1 atom stereocenters. The lowest BCUT2D eigenvalue weighted by Gasteiger charge is -2.33. The highest BCUT2D eigenvalue weighted by atomic mass is 32.1. The number of fused-ring (bicyclic) bond motifs is 1. The zero-order chi connectivity index (χ0) is 8.60. The van der Waals surface area contributed by atoms with Gasteiger partial charge in [0.1, 0.15) is 0 Å². The maximum atomic E-state index is 3.48. The van der Waals surface area contributed by atoms with Gasteiger partial charge < -0.3 is 5.32 Å². The van der Waals surface area contributed by atoms with Crippen molar-refractivity contribution >= 4 is 11.3 Å². The average Bonchev–Trinajstić information content (AvgIpc) is 2.54. The third-order valence-electron chi connectivity index (χ3n) is 2.91. The summed E-state index contributed by atoms with van der Waals surface area (Å²) in [6.45, 7) is 6.83. The molecule has 0 bridgehead atoms. The predicted molar refractivity (Wildman–Crippen MR) is 53.7 cm³/mol. The topological polar surface area (TPSA) is 12.0 Å². The van der Waals surface area contributed by atoms with E-state index in [2.05, 4.69) is 30.6 Å². The van der Waals surface area contributed by atoms with Gasteiger partial charge in [0, 0.05) is 23.4 Å². The van der Waals surface area contributed by atoms with Gasteiger partial charge in [0.05, 0.1) is 0 Å². The number of rotatable bonds is 1. The lowest BCUT2D eigenvalue weighted by molar-refractivity contribution is 0.397. The van der Waals surface area contributed by atoms with Gasteiger partial charge in [-0.05, 0) is 23.4 Å². The fourth-order valence-corrected chi connectivity index (χ4v) is 3.00. The predicted octanol–water partition coefficient (Wildman–Crippen LogP) is 2.52. The monoisotopic (exact) mass is 181 g/mol. The van der Waals surface area contributed by atoms with Crippen molar-refractivity contribution in [3.8, 4) is 0 Å². The van der Waals surface area contributed by atoms with Gasteiger partial charge in [-0.3, -0.25) is 0 Å². The van der Waals surface area contributed by atoms with E-state index in [-0.39, 0.29) is 0 Å². The van der Waals surface area contributed by atoms with E-state index in [4.69, 9.17) is 0 Å². The maximum absolute atomic E-state index is 3.48. The molecule has 1 aliphatic heterocycles. The summed E-state index contributed by atoms with van der Waals surface area (Å²) in [6.07, 6.45) is 1.23. The summed E-state index contributed by atoms with van der Waals surface area (Å²) in [5.41, 5.74) is 1.90. The van der Waals surface area contributed by atoms with E-state index >= 15 is 0 Å². The first-order valence-electron chi connectivity index (χ1n) is 4.54. The van der Waals surface area contributed by atoms with Crippen LogP contribution in [0.25, 0.3) is 0 Å². The van der Waals surface area contributed by atoms with E-state index < -0.39 is 0 Å². The largest absolute Gasteiger partial charge is 0.312 e. The van der Waals surface area contributed by atoms with Crippen LogP contribution in [0.1, 0.15) is 30.7 Å². The molecule has 1 aliphatic rings. The molecular formula is C10H15NS. The number of hydrogen-bond donors (Lipinski definition) is 1. The molecule has 1 aromatic rings. The Morgan fingerprint density at radius 3 is 3.25 bits per heavy atom. The Kier molecular flexibility index (Phi) is 1.97. The Morgan fingerprint density at radius 1 is 1.67 bits per heavy atom. The molecule has 2 heterocycles. The SMILES string of the molecule is CCC1(C)CNCc2ccsc21. The van der Waals surface area contributed by atoms with Gasteiger partial charge >= 0.3 is 0 Å². The van der Waals surface area contributed by atoms with Crippen LogP contribution in [0.5, 0.6) is 0 Å². The molecule has 1 aromatic heterocycles. The summed E-state index contributed by atoms with van der Waals surface area (Å²) in [4.78, 5) is 1.60. The molecular weight excluding hydrogens is 166 g/mol. The van der Waals surface area contributed by atoms with Crippen LogP contribution >= 0.6 is 11.3 Å². The Hall–Kier alpha value is -0.340. The maximum Gasteiger partial charge on any atom is 0.0217 e. The van der Waals surface area contributed by atoms with Crippen molar-refractivity contribution in [1.29, 1.82) is 0 Å². The molecule has 1 nitrogen and oxygen atoms in total. The quantitative estimate of drug-likeness (QED) is 0.702. The molecule has 0 aliphatic carbocycles. The van der Waals surface area contributed by atoms with Crippen LogP contribution in [-0.4, -0.2) is 6.54 Å². The van der Waals surface area contributed by atoms with Crippen LogP contribution in [0.4, 0.5) is 0 Å². The minimum absolute atomic E-state index is 0.391. The average molecular weight is 181 g/mol. The van der Waals surface area contributed by atoms with Crippen LogP contribution in [0, 0.1) is 0 Å². The molecule has 2 heteroatoms. The van der Waals surface area contributed by atoms with E-state index in [1.165, 1.54) is 12.0 Å². The van der Waals surface area contributed by atoms with Crippen molar-refractivity contribution in [3.05, 3.63) is 21.9 Å². The van der Waals surface area contributed by atoms with E-state index in [1.54, 1.807) is 4.88 Å². The lowest BCUT2D eigenvalue weighted by atomic mass is 9.82. The second kappa shape index (κ2) is 2.86. The molecule has 0 saturated carbocycles. The summed E-state index contributed by atoms with van der Waals surface area (Å²) in [5.74, 6) is 0. The van der Waals surface area contributed by atoms with Crippen LogP contribution in [0.3, 0.4) is 0 Å². The van der Waals surface area contributed by atoms with Crippen molar-refractivity contribution in [1.82, 2.24) is 5.32 Å². The molecule has 66 valence electrons. The molecule has 0 saturated heterocycles. The standard InChI is InChI=1S/C10H15NS/c1-3-10(2)7-11-6-8-4-5-12-9(8)10/h4-5,11H,3,6-7H2,1-2H3. The number of thiophene rings is 1. The fraction of sp³-hybridized carbons (Fsp3) is 0.600. The number of hydrogen-bond acceptors (Lipinski definition) is 2. The van der Waals surface area contributed by atoms with Crippen molar-refractivity contribution in [2.75, 3.05) is 6.54 Å². The summed E-state index contributed by atoms with van der Waals surface area (Å²) >= 11 is 1.92. The summed E-state index contributed by atoms with van der Waals surface area (Å²) in [7, 11) is 0. The Morgan fingerprint density at radius 2 is 2.50 bits per heavy atom. The first-order valence-corrected chi connectivity index (χ1v) is 5.42. The van der Waals surface area contributed by atoms with E-state index in [9.17, 15) is 0 Å². The van der Waals surface area contributed by atoms with Gasteiger partial charge in [-0.25, -0.2) is 0 Å². The van der Waals surface area contributed by atoms with Crippen molar-refractivity contribution in [3.63, 3.8) is 0 Å². The molecule has 0 radical (unpaired) electrons. The zero-order valence-corrected chi connectivity index (χ0v) is 8.50. The highest BCUT2D eigenvalue weighted by Crippen LogP contribution is 2.36. The molecule has 0 spiro atoms. The smallest absolute Gasteiger partial charge is 0.0217 e. The minimum Gasteiger partial charge on any atom is -0.312 e. The van der Waals surface area contributed by atoms with Crippen molar-refractivity contribution in [2.24, 2.45) is 0 Å². The van der Waals surface area contributed by atoms with Gasteiger partial charge in [-0.2, -0.15) is 0 Å². The Balaban J connectivity index is 2.44. The van der Waals surface area contributed by atoms with Gasteiger partial charge in [0.15, 0.2) is 0 Å². The molecule has 12 heavy (non-hydrogen) atoms. The molecule has 0 fully saturated rings. The molecule has 1 unspecified atom stereocenters. The molecule has 0 aromatic carbocycles. The van der Waals surface area contributed by atoms with Crippen molar-refractivity contribution < 1.29 is 0 Å². The highest BCUT2D eigenvalue weighted by molar-refractivity contribution is 7.10. The molecule has 2 rings (SSSR count). The summed E-state index contributed by atoms with van der Waals surface area (Å²) in [5, 5.41) is 5.69. The zero-order valence-electron chi connectivity index (χ0n) is 7.68. The fourth-order valence-electron chi connectivity index (χ4n) is 1.84. The first-order chi connectivity index (χ1) is 5.76. The van der Waals surface area contributed by atoms with Gasteiger partial charge in [0.2, 0.25) is 0 Å². The second-order valence-electron chi connectivity index (χ2n) is 3.79. The Labute approximate surface area is 77.8 Å². The van der Waals surface area contributed by atoms with Gasteiger partial charge in [-0.15, -0.1) is 11.3 Å². The van der Waals surface area contributed by atoms with E-state index in [0.717, 1.165) is 13.1 Å². The van der Waals surface area contributed by atoms with Gasteiger partial charge in [0.25, 0.3) is 0 Å². The third-order valence-corrected chi connectivity index (χ3v) is 4.17. The minimum atomic E-state index is 0.391. The molecule has 1 N–H and O–H groups in total. The summed E-state index contributed by atoms with van der Waals surface area (Å²) < 4.78 is 0. The highest BCUT2D eigenvalue weighted by Gasteiger charge is 2.30.